The van der Waals surface area contributed by atoms with Crippen LogP contribution < -0.4 is 4.74 Å². The van der Waals surface area contributed by atoms with Gasteiger partial charge in [-0.1, -0.05) is 0 Å². The lowest BCUT2D eigenvalue weighted by Gasteiger charge is -1.99. The number of phenolic OH excluding ortho intramolecular Hbond substituents is 1. The van der Waals surface area contributed by atoms with Crippen LogP contribution >= 0.6 is 29.0 Å². The molecule has 7 nitrogen and oxygen atoms in total. The molecule has 0 aromatic heterocycles. The summed E-state index contributed by atoms with van der Waals surface area (Å²) < 4.78 is 24.7. The number of halogens is 1. The van der Waals surface area contributed by atoms with Crippen molar-refractivity contribution in [3.8, 4) is 11.5 Å². The molecular formula is C7H10IO7P. The molecule has 9 heteroatoms. The van der Waals surface area contributed by atoms with Gasteiger partial charge >= 0.3 is 7.82 Å². The lowest BCUT2D eigenvalue weighted by molar-refractivity contribution is 0.275. The molecule has 1 aromatic rings. The SMILES string of the molecule is COc1ccc(I=O)c(O)c1.O=P(O)(O)O. The van der Waals surface area contributed by atoms with Crippen molar-refractivity contribution < 1.29 is 32.2 Å². The second kappa shape index (κ2) is 6.92. The molecule has 0 amide bonds. The van der Waals surface area contributed by atoms with E-state index < -0.39 is 29.0 Å². The molecule has 0 saturated carbocycles. The summed E-state index contributed by atoms with van der Waals surface area (Å²) in [5, 5.41) is 9.17. The minimum absolute atomic E-state index is 0.0483. The molecule has 1 aromatic carbocycles. The molecule has 4 N–H and O–H groups in total. The Morgan fingerprint density at radius 3 is 2.12 bits per heavy atom. The van der Waals surface area contributed by atoms with Crippen LogP contribution in [0, 0.1) is 3.57 Å². The quantitative estimate of drug-likeness (QED) is 0.455. The maximum absolute atomic E-state index is 10.5. The maximum atomic E-state index is 10.5. The first-order valence-corrected chi connectivity index (χ1v) is 7.22. The van der Waals surface area contributed by atoms with Crippen LogP contribution in [0.15, 0.2) is 18.2 Å². The Balaban J connectivity index is 0.000000385. The molecule has 0 aliphatic carbocycles. The van der Waals surface area contributed by atoms with Crippen molar-refractivity contribution in [2.24, 2.45) is 0 Å². The Labute approximate surface area is 102 Å². The molecule has 0 heterocycles. The van der Waals surface area contributed by atoms with Gasteiger partial charge in [-0.3, -0.25) is 3.07 Å². The first-order chi connectivity index (χ1) is 7.27. The van der Waals surface area contributed by atoms with Gasteiger partial charge in [-0.05, 0) is 12.1 Å². The van der Waals surface area contributed by atoms with E-state index in [1.165, 1.54) is 13.2 Å². The smallest absolute Gasteiger partial charge is 0.466 e. The van der Waals surface area contributed by atoms with Crippen LogP contribution in [0.3, 0.4) is 0 Å². The topological polar surface area (TPSA) is 124 Å². The molecule has 0 fully saturated rings. The molecule has 1 rings (SSSR count). The van der Waals surface area contributed by atoms with Crippen LogP contribution in [-0.2, 0) is 7.63 Å². The number of phenols is 1. The fourth-order valence-corrected chi connectivity index (χ4v) is 1.39. The second-order valence-corrected chi connectivity index (χ2v) is 5.04. The van der Waals surface area contributed by atoms with E-state index >= 15 is 0 Å². The Hall–Kier alpha value is -0.540. The molecular weight excluding hydrogens is 354 g/mol. The summed E-state index contributed by atoms with van der Waals surface area (Å²) in [6, 6.07) is 4.73. The lowest BCUT2D eigenvalue weighted by atomic mass is 10.3. The fraction of sp³-hybridized carbons (Fsp3) is 0.143. The molecule has 0 bridgehead atoms. The van der Waals surface area contributed by atoms with Crippen LogP contribution in [0.25, 0.3) is 0 Å². The Bertz CT molecular complexity index is 393. The van der Waals surface area contributed by atoms with Gasteiger partial charge in [0.25, 0.3) is 0 Å². The van der Waals surface area contributed by atoms with Gasteiger partial charge in [0.1, 0.15) is 11.5 Å². The van der Waals surface area contributed by atoms with Crippen LogP contribution in [0.5, 0.6) is 11.5 Å². The van der Waals surface area contributed by atoms with E-state index in [-0.39, 0.29) is 5.75 Å². The predicted octanol–water partition coefficient (Wildman–Crippen LogP) is 0.958. The summed E-state index contributed by atoms with van der Waals surface area (Å²) in [5.74, 6) is 0.621. The number of ether oxygens (including phenoxy) is 1. The molecule has 0 unspecified atom stereocenters. The molecule has 0 saturated heterocycles. The van der Waals surface area contributed by atoms with E-state index in [0.29, 0.717) is 9.32 Å². The van der Waals surface area contributed by atoms with E-state index in [9.17, 15) is 3.07 Å². The minimum Gasteiger partial charge on any atom is -0.507 e. The standard InChI is InChI=1S/C7H7IO3.H3O4P/c1-11-5-2-3-6(8-10)7(9)4-5;1-5(2,3)4/h2-4,9H,1H3;(H3,1,2,3,4). The zero-order valence-electron chi connectivity index (χ0n) is 8.07. The van der Waals surface area contributed by atoms with Gasteiger partial charge in [0.2, 0.25) is 0 Å². The summed E-state index contributed by atoms with van der Waals surface area (Å²) in [5.41, 5.74) is 0. The van der Waals surface area contributed by atoms with Crippen molar-refractivity contribution >= 4 is 29.0 Å². The number of hydrogen-bond acceptors (Lipinski definition) is 4. The summed E-state index contributed by atoms with van der Waals surface area (Å²) in [4.78, 5) is 21.6. The number of rotatable bonds is 2. The van der Waals surface area contributed by atoms with Crippen molar-refractivity contribution in [1.82, 2.24) is 0 Å². The monoisotopic (exact) mass is 364 g/mol. The molecule has 0 atom stereocenters. The van der Waals surface area contributed by atoms with Crippen LogP contribution in [-0.4, -0.2) is 26.9 Å². The van der Waals surface area contributed by atoms with Crippen molar-refractivity contribution in [3.63, 3.8) is 0 Å². The predicted molar refractivity (Wildman–Crippen MR) is 62.3 cm³/mol. The third-order valence-corrected chi connectivity index (χ3v) is 2.62. The van der Waals surface area contributed by atoms with Crippen LogP contribution in [0.1, 0.15) is 0 Å². The van der Waals surface area contributed by atoms with E-state index in [2.05, 4.69) is 0 Å². The average Bonchev–Trinajstić information content (AvgIpc) is 2.15. The van der Waals surface area contributed by atoms with E-state index in [0.717, 1.165) is 0 Å². The number of methoxy groups -OCH3 is 1. The van der Waals surface area contributed by atoms with Gasteiger partial charge in [-0.25, -0.2) is 4.57 Å². The highest BCUT2D eigenvalue weighted by molar-refractivity contribution is 14.1. The minimum atomic E-state index is -4.64. The van der Waals surface area contributed by atoms with Crippen molar-refractivity contribution in [3.05, 3.63) is 21.8 Å². The van der Waals surface area contributed by atoms with Crippen molar-refractivity contribution in [2.75, 3.05) is 7.11 Å². The fourth-order valence-electron chi connectivity index (χ4n) is 0.685. The van der Waals surface area contributed by atoms with Gasteiger partial charge in [0.15, 0.2) is 21.2 Å². The summed E-state index contributed by atoms with van der Waals surface area (Å²) >= 11 is -1.29. The normalized spacial score (nSPS) is 10.2. The van der Waals surface area contributed by atoms with E-state index in [4.69, 9.17) is 29.1 Å². The summed E-state index contributed by atoms with van der Waals surface area (Å²) in [6.45, 7) is 0. The van der Waals surface area contributed by atoms with Gasteiger partial charge in [-0.15, -0.1) is 0 Å². The Kier molecular flexibility index (Phi) is 6.68. The van der Waals surface area contributed by atoms with Gasteiger partial charge in [0, 0.05) is 6.07 Å². The zero-order chi connectivity index (χ0) is 12.8. The van der Waals surface area contributed by atoms with E-state index in [1.807, 2.05) is 0 Å². The van der Waals surface area contributed by atoms with Crippen LogP contribution in [0.4, 0.5) is 0 Å². The first kappa shape index (κ1) is 15.5. The van der Waals surface area contributed by atoms with Gasteiger partial charge < -0.3 is 24.5 Å². The van der Waals surface area contributed by atoms with Crippen LogP contribution in [0.2, 0.25) is 0 Å². The highest BCUT2D eigenvalue weighted by atomic mass is 127. The molecule has 92 valence electrons. The largest absolute Gasteiger partial charge is 0.507 e. The molecule has 0 radical (unpaired) electrons. The lowest BCUT2D eigenvalue weighted by Crippen LogP contribution is -1.82. The number of phosphoric acid groups is 1. The highest BCUT2D eigenvalue weighted by Gasteiger charge is 2.01. The van der Waals surface area contributed by atoms with Crippen molar-refractivity contribution in [2.45, 2.75) is 0 Å². The summed E-state index contributed by atoms with van der Waals surface area (Å²) in [7, 11) is -3.12. The zero-order valence-corrected chi connectivity index (χ0v) is 11.1. The average molecular weight is 364 g/mol. The third-order valence-electron chi connectivity index (χ3n) is 1.24. The maximum Gasteiger partial charge on any atom is 0.466 e. The Morgan fingerprint density at radius 2 is 1.81 bits per heavy atom. The highest BCUT2D eigenvalue weighted by Crippen LogP contribution is 2.26. The number of benzene rings is 1. The Morgan fingerprint density at radius 1 is 1.31 bits per heavy atom. The number of aromatic hydroxyl groups is 1. The van der Waals surface area contributed by atoms with Crippen molar-refractivity contribution in [1.29, 1.82) is 0 Å². The van der Waals surface area contributed by atoms with Gasteiger partial charge in [-0.2, -0.15) is 0 Å². The third kappa shape index (κ3) is 7.71. The molecule has 0 aliphatic rings. The summed E-state index contributed by atoms with van der Waals surface area (Å²) in [6.07, 6.45) is 0. The number of hydrogen-bond donors (Lipinski definition) is 4. The molecule has 16 heavy (non-hydrogen) atoms. The second-order valence-electron chi connectivity index (χ2n) is 2.41. The van der Waals surface area contributed by atoms with E-state index in [1.54, 1.807) is 12.1 Å². The first-order valence-electron chi connectivity index (χ1n) is 3.70. The molecule has 0 spiro atoms. The van der Waals surface area contributed by atoms with Gasteiger partial charge in [0.05, 0.1) is 10.7 Å². The molecule has 0 aliphatic heterocycles.